The topological polar surface area (TPSA) is 59.5 Å². The van der Waals surface area contributed by atoms with Crippen LogP contribution in [-0.4, -0.2) is 33.9 Å². The number of hydrogen-bond donors (Lipinski definition) is 1. The Morgan fingerprint density at radius 1 is 1.32 bits per heavy atom. The van der Waals surface area contributed by atoms with E-state index in [1.807, 2.05) is 28.9 Å². The zero-order valence-electron chi connectivity index (χ0n) is 14.0. The minimum absolute atomic E-state index is 0. The van der Waals surface area contributed by atoms with E-state index in [0.717, 1.165) is 40.1 Å². The van der Waals surface area contributed by atoms with Gasteiger partial charge in [-0.25, -0.2) is 13.9 Å². The van der Waals surface area contributed by atoms with Crippen molar-refractivity contribution in [2.75, 3.05) is 18.0 Å². The number of halogens is 2. The van der Waals surface area contributed by atoms with E-state index in [9.17, 15) is 4.39 Å². The highest BCUT2D eigenvalue weighted by Gasteiger charge is 2.23. The summed E-state index contributed by atoms with van der Waals surface area (Å²) in [4.78, 5) is 6.53. The molecule has 132 valence electrons. The molecule has 4 rings (SSSR count). The van der Waals surface area contributed by atoms with Gasteiger partial charge >= 0.3 is 0 Å². The highest BCUT2D eigenvalue weighted by atomic mass is 35.5. The monoisotopic (exact) mass is 361 g/mol. The maximum atomic E-state index is 13.5. The van der Waals surface area contributed by atoms with Crippen molar-refractivity contribution in [1.82, 2.24) is 14.6 Å². The molecule has 0 bridgehead atoms. The van der Waals surface area contributed by atoms with Gasteiger partial charge in [0.1, 0.15) is 12.5 Å². The Labute approximate surface area is 152 Å². The first-order chi connectivity index (χ1) is 11.7. The number of hydrogen-bond acceptors (Lipinski definition) is 4. The fraction of sp³-hybridized carbons (Fsp3) is 0.333. The Kier molecular flexibility index (Phi) is 4.92. The van der Waals surface area contributed by atoms with Gasteiger partial charge in [0.2, 0.25) is 0 Å². The van der Waals surface area contributed by atoms with Gasteiger partial charge in [-0.2, -0.15) is 5.10 Å². The van der Waals surface area contributed by atoms with E-state index < -0.39 is 6.17 Å². The summed E-state index contributed by atoms with van der Waals surface area (Å²) in [6.07, 6.45) is 3.34. The maximum Gasteiger partial charge on any atom is 0.137 e. The number of aryl methyl sites for hydroxylation is 1. The average molecular weight is 362 g/mol. The van der Waals surface area contributed by atoms with Crippen LogP contribution in [0.25, 0.3) is 16.8 Å². The predicted octanol–water partition coefficient (Wildman–Crippen LogP) is 3.13. The molecule has 0 aliphatic carbocycles. The summed E-state index contributed by atoms with van der Waals surface area (Å²) in [5, 5.41) is 4.30. The second kappa shape index (κ2) is 6.98. The van der Waals surface area contributed by atoms with Gasteiger partial charge < -0.3 is 10.6 Å². The number of benzene rings is 1. The van der Waals surface area contributed by atoms with Crippen LogP contribution in [0.15, 0.2) is 36.8 Å². The van der Waals surface area contributed by atoms with E-state index in [1.54, 1.807) is 6.33 Å². The Morgan fingerprint density at radius 3 is 2.84 bits per heavy atom. The van der Waals surface area contributed by atoms with E-state index in [0.29, 0.717) is 19.5 Å². The lowest BCUT2D eigenvalue weighted by Gasteiger charge is -2.14. The number of rotatable bonds is 3. The summed E-state index contributed by atoms with van der Waals surface area (Å²) >= 11 is 0. The van der Waals surface area contributed by atoms with Gasteiger partial charge in [-0.1, -0.05) is 12.1 Å². The number of nitrogens with two attached hydrogens (primary N) is 1. The maximum absolute atomic E-state index is 13.5. The standard InChI is InChI=1S/C18H20FN5.ClH/c1-12-6-13(2-3-14(12)8-20)18-17-7-16(10-24(17)22-11-21-18)23-5-4-15(19)9-23;/h2-3,6-7,10-11,15H,4-5,8-9,20H2,1H3;1H. The summed E-state index contributed by atoms with van der Waals surface area (Å²) in [6.45, 7) is 3.77. The smallest absolute Gasteiger partial charge is 0.137 e. The second-order valence-electron chi connectivity index (χ2n) is 6.31. The lowest BCUT2D eigenvalue weighted by Crippen LogP contribution is -2.19. The Bertz CT molecular complexity index is 894. The predicted molar refractivity (Wildman–Crippen MR) is 100 cm³/mol. The van der Waals surface area contributed by atoms with Gasteiger partial charge in [0, 0.05) is 25.2 Å². The average Bonchev–Trinajstić information content (AvgIpc) is 3.20. The minimum Gasteiger partial charge on any atom is -0.367 e. The van der Waals surface area contributed by atoms with Gasteiger partial charge in [0.15, 0.2) is 0 Å². The molecule has 1 saturated heterocycles. The first-order valence-corrected chi connectivity index (χ1v) is 8.18. The van der Waals surface area contributed by atoms with Crippen molar-refractivity contribution >= 4 is 23.6 Å². The molecule has 7 heteroatoms. The van der Waals surface area contributed by atoms with Gasteiger partial charge in [-0.15, -0.1) is 12.4 Å². The molecule has 2 N–H and O–H groups in total. The fourth-order valence-electron chi connectivity index (χ4n) is 3.34. The van der Waals surface area contributed by atoms with Crippen molar-refractivity contribution in [2.45, 2.75) is 26.1 Å². The van der Waals surface area contributed by atoms with Crippen molar-refractivity contribution in [3.05, 3.63) is 47.9 Å². The molecular weight excluding hydrogens is 341 g/mol. The molecule has 5 nitrogen and oxygen atoms in total. The van der Waals surface area contributed by atoms with Crippen LogP contribution in [0, 0.1) is 6.92 Å². The second-order valence-corrected chi connectivity index (χ2v) is 6.31. The molecule has 1 aliphatic heterocycles. The molecule has 1 atom stereocenters. The number of nitrogens with zero attached hydrogens (tertiary/aromatic N) is 4. The molecule has 3 heterocycles. The fourth-order valence-corrected chi connectivity index (χ4v) is 3.34. The molecule has 0 amide bonds. The third-order valence-corrected chi connectivity index (χ3v) is 4.72. The largest absolute Gasteiger partial charge is 0.367 e. The number of aromatic nitrogens is 3. The van der Waals surface area contributed by atoms with Crippen LogP contribution in [0.4, 0.5) is 10.1 Å². The third-order valence-electron chi connectivity index (χ3n) is 4.72. The Hall–Kier alpha value is -2.18. The van der Waals surface area contributed by atoms with Gasteiger partial charge in [-0.05, 0) is 36.6 Å². The summed E-state index contributed by atoms with van der Waals surface area (Å²) in [7, 11) is 0. The molecule has 3 aromatic rings. The van der Waals surface area contributed by atoms with Crippen molar-refractivity contribution in [3.63, 3.8) is 0 Å². The normalized spacial score (nSPS) is 17.1. The molecule has 0 spiro atoms. The lowest BCUT2D eigenvalue weighted by atomic mass is 10.0. The van der Waals surface area contributed by atoms with Crippen LogP contribution in [-0.2, 0) is 6.54 Å². The highest BCUT2D eigenvalue weighted by Crippen LogP contribution is 2.29. The van der Waals surface area contributed by atoms with Crippen LogP contribution < -0.4 is 10.6 Å². The Balaban J connectivity index is 0.00000182. The van der Waals surface area contributed by atoms with Crippen LogP contribution in [0.5, 0.6) is 0 Å². The number of anilines is 1. The van der Waals surface area contributed by atoms with E-state index in [-0.39, 0.29) is 12.4 Å². The van der Waals surface area contributed by atoms with Crippen LogP contribution >= 0.6 is 12.4 Å². The molecule has 1 aromatic carbocycles. The molecular formula is C18H21ClFN5. The molecule has 2 aromatic heterocycles. The van der Waals surface area contributed by atoms with Crippen molar-refractivity contribution < 1.29 is 4.39 Å². The summed E-state index contributed by atoms with van der Waals surface area (Å²) < 4.78 is 15.3. The van der Waals surface area contributed by atoms with E-state index in [1.165, 1.54) is 0 Å². The molecule has 0 radical (unpaired) electrons. The SMILES string of the molecule is Cc1cc(-c2ncnn3cc(N4CCC(F)C4)cc23)ccc1CN.Cl. The first-order valence-electron chi connectivity index (χ1n) is 8.18. The quantitative estimate of drug-likeness (QED) is 0.778. The zero-order chi connectivity index (χ0) is 16.7. The van der Waals surface area contributed by atoms with E-state index in [2.05, 4.69) is 28.0 Å². The zero-order valence-corrected chi connectivity index (χ0v) is 14.8. The third kappa shape index (κ3) is 3.19. The summed E-state index contributed by atoms with van der Waals surface area (Å²) in [5.74, 6) is 0. The van der Waals surface area contributed by atoms with E-state index in [4.69, 9.17) is 5.73 Å². The summed E-state index contributed by atoms with van der Waals surface area (Å²) in [5.41, 5.74) is 11.9. The molecule has 1 fully saturated rings. The van der Waals surface area contributed by atoms with Crippen LogP contribution in [0.2, 0.25) is 0 Å². The van der Waals surface area contributed by atoms with Crippen molar-refractivity contribution in [1.29, 1.82) is 0 Å². The number of alkyl halides is 1. The molecule has 25 heavy (non-hydrogen) atoms. The molecule has 0 saturated carbocycles. The van der Waals surface area contributed by atoms with Crippen LogP contribution in [0.1, 0.15) is 17.5 Å². The first kappa shape index (κ1) is 17.6. The van der Waals surface area contributed by atoms with E-state index >= 15 is 0 Å². The molecule has 1 aliphatic rings. The summed E-state index contributed by atoms with van der Waals surface area (Å²) in [6, 6.07) is 8.23. The lowest BCUT2D eigenvalue weighted by molar-refractivity contribution is 0.364. The molecule has 1 unspecified atom stereocenters. The minimum atomic E-state index is -0.745. The van der Waals surface area contributed by atoms with Gasteiger partial charge in [0.05, 0.1) is 23.1 Å². The van der Waals surface area contributed by atoms with Gasteiger partial charge in [0.25, 0.3) is 0 Å². The van der Waals surface area contributed by atoms with Crippen LogP contribution in [0.3, 0.4) is 0 Å². The van der Waals surface area contributed by atoms with Crippen molar-refractivity contribution in [2.24, 2.45) is 5.73 Å². The van der Waals surface area contributed by atoms with Gasteiger partial charge in [-0.3, -0.25) is 0 Å². The van der Waals surface area contributed by atoms with Crippen molar-refractivity contribution in [3.8, 4) is 11.3 Å². The Morgan fingerprint density at radius 2 is 2.16 bits per heavy atom. The number of fused-ring (bicyclic) bond motifs is 1. The highest BCUT2D eigenvalue weighted by molar-refractivity contribution is 5.85.